The number of hydrogen-bond acceptors (Lipinski definition) is 8. The summed E-state index contributed by atoms with van der Waals surface area (Å²) in [6, 6.07) is 7.48. The standard InChI is InChI=1S/C15H16N6O2S2/c1-3-12-18-21-15(25-12)16-11(22)8-24-14-17-13(19-20-14)9-4-6-10(23-2)7-5-9/h4-7H,3,8H2,1-2H3,(H,16,21,22)(H,17,19,20). The summed E-state index contributed by atoms with van der Waals surface area (Å²) in [5.41, 5.74) is 0.894. The predicted molar refractivity (Wildman–Crippen MR) is 97.0 cm³/mol. The summed E-state index contributed by atoms with van der Waals surface area (Å²) in [6.45, 7) is 1.99. The van der Waals surface area contributed by atoms with E-state index in [-0.39, 0.29) is 11.7 Å². The number of methoxy groups -OCH3 is 1. The molecule has 0 aliphatic rings. The lowest BCUT2D eigenvalue weighted by Crippen LogP contribution is -2.13. The summed E-state index contributed by atoms with van der Waals surface area (Å²) < 4.78 is 5.13. The summed E-state index contributed by atoms with van der Waals surface area (Å²) in [5, 5.41) is 19.5. The van der Waals surface area contributed by atoms with Crippen LogP contribution in [0.2, 0.25) is 0 Å². The van der Waals surface area contributed by atoms with E-state index in [9.17, 15) is 4.79 Å². The first-order valence-corrected chi connectivity index (χ1v) is 9.30. The van der Waals surface area contributed by atoms with Gasteiger partial charge in [0.05, 0.1) is 12.9 Å². The molecule has 0 aliphatic carbocycles. The highest BCUT2D eigenvalue weighted by molar-refractivity contribution is 7.99. The number of thioether (sulfide) groups is 1. The van der Waals surface area contributed by atoms with Gasteiger partial charge in [0, 0.05) is 5.56 Å². The molecule has 0 unspecified atom stereocenters. The Bertz CT molecular complexity index is 846. The van der Waals surface area contributed by atoms with Gasteiger partial charge < -0.3 is 4.74 Å². The van der Waals surface area contributed by atoms with Gasteiger partial charge in [0.25, 0.3) is 0 Å². The van der Waals surface area contributed by atoms with Crippen LogP contribution in [-0.4, -0.2) is 44.1 Å². The predicted octanol–water partition coefficient (Wildman–Crippen LogP) is 2.63. The van der Waals surface area contributed by atoms with E-state index in [2.05, 4.69) is 30.7 Å². The topological polar surface area (TPSA) is 106 Å². The van der Waals surface area contributed by atoms with Crippen LogP contribution in [0.25, 0.3) is 11.4 Å². The van der Waals surface area contributed by atoms with Crippen LogP contribution in [0, 0.1) is 0 Å². The van der Waals surface area contributed by atoms with Gasteiger partial charge in [-0.2, -0.15) is 0 Å². The maximum absolute atomic E-state index is 12.0. The van der Waals surface area contributed by atoms with Crippen LogP contribution < -0.4 is 10.1 Å². The molecule has 0 saturated heterocycles. The van der Waals surface area contributed by atoms with Crippen LogP contribution in [0.4, 0.5) is 5.13 Å². The van der Waals surface area contributed by atoms with Crippen LogP contribution in [0.15, 0.2) is 29.4 Å². The van der Waals surface area contributed by atoms with Gasteiger partial charge in [-0.25, -0.2) is 4.98 Å². The Balaban J connectivity index is 1.54. The van der Waals surface area contributed by atoms with E-state index in [1.807, 2.05) is 31.2 Å². The number of anilines is 1. The number of aromatic nitrogens is 5. The number of rotatable bonds is 7. The summed E-state index contributed by atoms with van der Waals surface area (Å²) in [7, 11) is 1.62. The van der Waals surface area contributed by atoms with Crippen LogP contribution in [0.3, 0.4) is 0 Å². The zero-order valence-corrected chi connectivity index (χ0v) is 15.3. The third kappa shape index (κ3) is 4.54. The van der Waals surface area contributed by atoms with Crippen LogP contribution in [-0.2, 0) is 11.2 Å². The first-order valence-electron chi connectivity index (χ1n) is 7.49. The lowest BCUT2D eigenvalue weighted by Gasteiger charge is -2.00. The highest BCUT2D eigenvalue weighted by Gasteiger charge is 2.11. The highest BCUT2D eigenvalue weighted by Crippen LogP contribution is 2.22. The summed E-state index contributed by atoms with van der Waals surface area (Å²) >= 11 is 2.63. The van der Waals surface area contributed by atoms with Crippen LogP contribution in [0.1, 0.15) is 11.9 Å². The Morgan fingerprint density at radius 2 is 2.12 bits per heavy atom. The lowest BCUT2D eigenvalue weighted by atomic mass is 10.2. The molecule has 2 N–H and O–H groups in total. The Kier molecular flexibility index (Phi) is 5.61. The van der Waals surface area contributed by atoms with Crippen molar-refractivity contribution in [1.82, 2.24) is 25.4 Å². The molecule has 2 aromatic heterocycles. The van der Waals surface area contributed by atoms with Gasteiger partial charge in [0.1, 0.15) is 10.8 Å². The molecule has 2 heterocycles. The molecule has 1 aromatic carbocycles. The molecule has 8 nitrogen and oxygen atoms in total. The number of hydrogen-bond donors (Lipinski definition) is 2. The van der Waals surface area contributed by atoms with Crippen molar-refractivity contribution in [1.29, 1.82) is 0 Å². The molecule has 0 atom stereocenters. The molecule has 130 valence electrons. The number of benzene rings is 1. The minimum Gasteiger partial charge on any atom is -0.497 e. The minimum atomic E-state index is -0.167. The third-order valence-corrected chi connectivity index (χ3v) is 5.01. The molecule has 3 rings (SSSR count). The second-order valence-electron chi connectivity index (χ2n) is 4.89. The fraction of sp³-hybridized carbons (Fsp3) is 0.267. The van der Waals surface area contributed by atoms with E-state index >= 15 is 0 Å². The smallest absolute Gasteiger partial charge is 0.236 e. The molecular weight excluding hydrogens is 360 g/mol. The fourth-order valence-corrected chi connectivity index (χ4v) is 3.22. The Hall–Kier alpha value is -2.46. The fourth-order valence-electron chi connectivity index (χ4n) is 1.92. The summed E-state index contributed by atoms with van der Waals surface area (Å²) in [4.78, 5) is 16.3. The second kappa shape index (κ2) is 8.08. The van der Waals surface area contributed by atoms with Gasteiger partial charge in [0.2, 0.25) is 16.2 Å². The SMILES string of the molecule is CCc1nnc(NC(=O)CSc2n[nH]c(-c3ccc(OC)cc3)n2)s1. The van der Waals surface area contributed by atoms with E-state index < -0.39 is 0 Å². The maximum atomic E-state index is 12.0. The van der Waals surface area contributed by atoms with Gasteiger partial charge in [-0.1, -0.05) is 30.0 Å². The van der Waals surface area contributed by atoms with E-state index in [1.54, 1.807) is 7.11 Å². The van der Waals surface area contributed by atoms with E-state index in [0.29, 0.717) is 16.1 Å². The molecule has 0 fully saturated rings. The number of amides is 1. The monoisotopic (exact) mass is 376 g/mol. The number of nitrogens with one attached hydrogen (secondary N) is 2. The Morgan fingerprint density at radius 3 is 2.80 bits per heavy atom. The van der Waals surface area contributed by atoms with Crippen LogP contribution >= 0.6 is 23.1 Å². The van der Waals surface area contributed by atoms with Crippen molar-refractivity contribution < 1.29 is 9.53 Å². The van der Waals surface area contributed by atoms with Crippen molar-refractivity contribution in [3.63, 3.8) is 0 Å². The lowest BCUT2D eigenvalue weighted by molar-refractivity contribution is -0.113. The first-order chi connectivity index (χ1) is 12.2. The molecule has 3 aromatic rings. The number of carbonyl (C=O) groups excluding carboxylic acids is 1. The van der Waals surface area contributed by atoms with Crippen LogP contribution in [0.5, 0.6) is 5.75 Å². The second-order valence-corrected chi connectivity index (χ2v) is 6.89. The molecule has 0 saturated carbocycles. The number of carbonyl (C=O) groups is 1. The normalized spacial score (nSPS) is 10.6. The highest BCUT2D eigenvalue weighted by atomic mass is 32.2. The van der Waals surface area contributed by atoms with E-state index in [1.165, 1.54) is 23.1 Å². The molecule has 10 heteroatoms. The largest absolute Gasteiger partial charge is 0.497 e. The maximum Gasteiger partial charge on any atom is 0.236 e. The van der Waals surface area contributed by atoms with Crippen molar-refractivity contribution in [2.75, 3.05) is 18.2 Å². The molecule has 25 heavy (non-hydrogen) atoms. The van der Waals surface area contributed by atoms with E-state index in [0.717, 1.165) is 22.7 Å². The Labute approximate surface area is 152 Å². The molecule has 0 spiro atoms. The zero-order valence-electron chi connectivity index (χ0n) is 13.6. The first kappa shape index (κ1) is 17.4. The molecular formula is C15H16N6O2S2. The molecule has 0 aliphatic heterocycles. The summed E-state index contributed by atoms with van der Waals surface area (Å²) in [6.07, 6.45) is 0.799. The minimum absolute atomic E-state index is 0.167. The summed E-state index contributed by atoms with van der Waals surface area (Å²) in [5.74, 6) is 1.44. The zero-order chi connectivity index (χ0) is 17.6. The molecule has 0 radical (unpaired) electrons. The van der Waals surface area contributed by atoms with Crippen molar-refractivity contribution in [3.8, 4) is 17.1 Å². The van der Waals surface area contributed by atoms with E-state index in [4.69, 9.17) is 4.74 Å². The van der Waals surface area contributed by atoms with Crippen molar-refractivity contribution >= 4 is 34.1 Å². The van der Waals surface area contributed by atoms with Gasteiger partial charge in [-0.05, 0) is 30.7 Å². The van der Waals surface area contributed by atoms with Crippen molar-refractivity contribution in [3.05, 3.63) is 29.3 Å². The molecule has 0 bridgehead atoms. The number of aromatic amines is 1. The third-order valence-electron chi connectivity index (χ3n) is 3.18. The average Bonchev–Trinajstić information content (AvgIpc) is 3.29. The molecule has 1 amide bonds. The van der Waals surface area contributed by atoms with Crippen molar-refractivity contribution in [2.45, 2.75) is 18.5 Å². The Morgan fingerprint density at radius 1 is 1.32 bits per heavy atom. The van der Waals surface area contributed by atoms with Crippen molar-refractivity contribution in [2.24, 2.45) is 0 Å². The number of aryl methyl sites for hydroxylation is 1. The number of ether oxygens (including phenoxy) is 1. The average molecular weight is 376 g/mol. The number of nitrogens with zero attached hydrogens (tertiary/aromatic N) is 4. The number of H-pyrrole nitrogens is 1. The van der Waals surface area contributed by atoms with Gasteiger partial charge in [-0.15, -0.1) is 15.3 Å². The van der Waals surface area contributed by atoms with Gasteiger partial charge in [0.15, 0.2) is 5.82 Å². The van der Waals surface area contributed by atoms with Gasteiger partial charge >= 0.3 is 0 Å². The van der Waals surface area contributed by atoms with Gasteiger partial charge in [-0.3, -0.25) is 15.2 Å². The quantitative estimate of drug-likeness (QED) is 0.611.